The maximum Gasteiger partial charge on any atom is 0.269 e. The summed E-state index contributed by atoms with van der Waals surface area (Å²) in [5.74, 6) is 0. The quantitative estimate of drug-likeness (QED) is 0.419. The molecule has 0 unspecified atom stereocenters. The molecular formula is C19H17NO2P+. The van der Waals surface area contributed by atoms with Crippen molar-refractivity contribution in [1.29, 1.82) is 0 Å². The zero-order chi connectivity index (χ0) is 16.3. The zero-order valence-electron chi connectivity index (χ0n) is 12.8. The van der Waals surface area contributed by atoms with Gasteiger partial charge in [-0.2, -0.15) is 0 Å². The summed E-state index contributed by atoms with van der Waals surface area (Å²) < 4.78 is 0. The van der Waals surface area contributed by atoms with Gasteiger partial charge in [0.15, 0.2) is 0 Å². The number of benzene rings is 3. The molecular weight excluding hydrogens is 305 g/mol. The van der Waals surface area contributed by atoms with Gasteiger partial charge in [-0.05, 0) is 36.4 Å². The number of non-ortho nitro benzene ring substituents is 1. The standard InChI is InChI=1S/C19H17NO2P/c1-23(17-8-4-2-5-9-17,18-10-6-3-7-11-18)19-14-12-16(13-15-19)20(21)22/h2-15H,1H3/q+1. The van der Waals surface area contributed by atoms with Crippen molar-refractivity contribution in [3.05, 3.63) is 95.0 Å². The largest absolute Gasteiger partial charge is 0.269 e. The molecule has 0 saturated carbocycles. The Kier molecular flexibility index (Phi) is 4.22. The van der Waals surface area contributed by atoms with Gasteiger partial charge in [0, 0.05) is 12.1 Å². The molecule has 23 heavy (non-hydrogen) atoms. The van der Waals surface area contributed by atoms with Gasteiger partial charge in [-0.3, -0.25) is 10.1 Å². The van der Waals surface area contributed by atoms with Crippen molar-refractivity contribution in [3.8, 4) is 0 Å². The molecule has 3 aromatic carbocycles. The molecule has 0 aromatic heterocycles. The first-order chi connectivity index (χ1) is 11.1. The first-order valence-corrected chi connectivity index (χ1v) is 9.59. The highest BCUT2D eigenvalue weighted by Gasteiger charge is 2.40. The van der Waals surface area contributed by atoms with Gasteiger partial charge in [0.2, 0.25) is 0 Å². The summed E-state index contributed by atoms with van der Waals surface area (Å²) in [6.45, 7) is 2.26. The van der Waals surface area contributed by atoms with Gasteiger partial charge in [0.05, 0.1) is 11.6 Å². The van der Waals surface area contributed by atoms with Gasteiger partial charge >= 0.3 is 0 Å². The van der Waals surface area contributed by atoms with Crippen LogP contribution < -0.4 is 15.9 Å². The van der Waals surface area contributed by atoms with E-state index in [4.69, 9.17) is 0 Å². The fourth-order valence-electron chi connectivity index (χ4n) is 2.77. The normalized spacial score (nSPS) is 11.2. The lowest BCUT2D eigenvalue weighted by Gasteiger charge is -2.22. The molecule has 4 heteroatoms. The minimum absolute atomic E-state index is 0.126. The Morgan fingerprint density at radius 2 is 1.09 bits per heavy atom. The zero-order valence-corrected chi connectivity index (χ0v) is 13.7. The van der Waals surface area contributed by atoms with Crippen molar-refractivity contribution in [3.63, 3.8) is 0 Å². The Bertz CT molecular complexity index is 762. The predicted molar refractivity (Wildman–Crippen MR) is 97.7 cm³/mol. The van der Waals surface area contributed by atoms with Crippen LogP contribution in [0, 0.1) is 10.1 Å². The highest BCUT2D eigenvalue weighted by Crippen LogP contribution is 2.51. The lowest BCUT2D eigenvalue weighted by molar-refractivity contribution is -0.384. The highest BCUT2D eigenvalue weighted by molar-refractivity contribution is 7.95. The van der Waals surface area contributed by atoms with E-state index in [0.29, 0.717) is 0 Å². The summed E-state index contributed by atoms with van der Waals surface area (Å²) in [6.07, 6.45) is 0. The second-order valence-corrected chi connectivity index (χ2v) is 9.01. The van der Waals surface area contributed by atoms with E-state index in [-0.39, 0.29) is 10.6 Å². The van der Waals surface area contributed by atoms with E-state index in [1.54, 1.807) is 12.1 Å². The van der Waals surface area contributed by atoms with E-state index < -0.39 is 7.26 Å². The van der Waals surface area contributed by atoms with Crippen LogP contribution >= 0.6 is 7.26 Å². The van der Waals surface area contributed by atoms with Gasteiger partial charge in [0.1, 0.15) is 23.2 Å². The second kappa shape index (κ2) is 6.31. The minimum atomic E-state index is -1.80. The minimum Gasteiger partial charge on any atom is -0.258 e. The average Bonchev–Trinajstić information content (AvgIpc) is 2.62. The second-order valence-electron chi connectivity index (χ2n) is 5.45. The number of rotatable bonds is 4. The molecule has 0 bridgehead atoms. The van der Waals surface area contributed by atoms with Crippen molar-refractivity contribution in [2.24, 2.45) is 0 Å². The summed E-state index contributed by atoms with van der Waals surface area (Å²) in [5.41, 5.74) is 0.126. The molecule has 0 aliphatic carbocycles. The smallest absolute Gasteiger partial charge is 0.258 e. The number of nitro groups is 1. The third-order valence-electron chi connectivity index (χ3n) is 4.12. The molecule has 114 valence electrons. The maximum atomic E-state index is 10.9. The number of hydrogen-bond donors (Lipinski definition) is 0. The molecule has 0 aliphatic rings. The lowest BCUT2D eigenvalue weighted by atomic mass is 10.3. The van der Waals surface area contributed by atoms with Crippen LogP contribution in [0.15, 0.2) is 84.9 Å². The molecule has 3 aromatic rings. The molecule has 0 spiro atoms. The van der Waals surface area contributed by atoms with Crippen LogP contribution in [0.2, 0.25) is 0 Å². The molecule has 0 saturated heterocycles. The van der Waals surface area contributed by atoms with Crippen molar-refractivity contribution in [2.45, 2.75) is 0 Å². The molecule has 0 amide bonds. The first kappa shape index (κ1) is 15.4. The number of nitrogens with zero attached hydrogens (tertiary/aromatic N) is 1. The maximum absolute atomic E-state index is 10.9. The topological polar surface area (TPSA) is 43.1 Å². The van der Waals surface area contributed by atoms with Gasteiger partial charge in [-0.1, -0.05) is 36.4 Å². The third-order valence-corrected chi connectivity index (χ3v) is 8.11. The van der Waals surface area contributed by atoms with Crippen molar-refractivity contribution < 1.29 is 4.92 Å². The SMILES string of the molecule is C[P+](c1ccccc1)(c1ccccc1)c1ccc([N+](=O)[O-])cc1. The monoisotopic (exact) mass is 322 g/mol. The summed E-state index contributed by atoms with van der Waals surface area (Å²) in [6, 6.07) is 27.7. The fourth-order valence-corrected chi connectivity index (χ4v) is 5.95. The van der Waals surface area contributed by atoms with Crippen LogP contribution in [-0.4, -0.2) is 11.6 Å². The van der Waals surface area contributed by atoms with Crippen LogP contribution in [0.25, 0.3) is 0 Å². The predicted octanol–water partition coefficient (Wildman–Crippen LogP) is 3.52. The van der Waals surface area contributed by atoms with Crippen LogP contribution in [0.4, 0.5) is 5.69 Å². The van der Waals surface area contributed by atoms with E-state index in [1.807, 2.05) is 48.5 Å². The summed E-state index contributed by atoms with van der Waals surface area (Å²) >= 11 is 0. The summed E-state index contributed by atoms with van der Waals surface area (Å²) in [4.78, 5) is 10.6. The number of hydrogen-bond acceptors (Lipinski definition) is 2. The Morgan fingerprint density at radius 3 is 1.48 bits per heavy atom. The Balaban J connectivity index is 2.18. The Hall–Kier alpha value is -2.51. The molecule has 3 rings (SSSR count). The molecule has 0 heterocycles. The highest BCUT2D eigenvalue weighted by atomic mass is 31.2. The van der Waals surface area contributed by atoms with Crippen molar-refractivity contribution in [2.75, 3.05) is 6.66 Å². The van der Waals surface area contributed by atoms with Crippen molar-refractivity contribution in [1.82, 2.24) is 0 Å². The van der Waals surface area contributed by atoms with Crippen LogP contribution in [0.3, 0.4) is 0 Å². The third kappa shape index (κ3) is 2.88. The molecule has 0 N–H and O–H groups in total. The molecule has 3 nitrogen and oxygen atoms in total. The van der Waals surface area contributed by atoms with Crippen LogP contribution in [-0.2, 0) is 0 Å². The summed E-state index contributed by atoms with van der Waals surface area (Å²) in [7, 11) is -1.80. The molecule has 0 fully saturated rings. The van der Waals surface area contributed by atoms with E-state index in [9.17, 15) is 10.1 Å². The Morgan fingerprint density at radius 1 is 0.696 bits per heavy atom. The molecule has 0 aliphatic heterocycles. The van der Waals surface area contributed by atoms with Gasteiger partial charge < -0.3 is 0 Å². The number of nitro benzene ring substituents is 1. The van der Waals surface area contributed by atoms with E-state index in [2.05, 4.69) is 30.9 Å². The van der Waals surface area contributed by atoms with Gasteiger partial charge in [-0.15, -0.1) is 0 Å². The van der Waals surface area contributed by atoms with Crippen molar-refractivity contribution >= 4 is 28.9 Å². The first-order valence-electron chi connectivity index (χ1n) is 7.35. The average molecular weight is 322 g/mol. The van der Waals surface area contributed by atoms with E-state index in [0.717, 1.165) is 5.30 Å². The lowest BCUT2D eigenvalue weighted by Crippen LogP contribution is -2.30. The van der Waals surface area contributed by atoms with Gasteiger partial charge in [-0.25, -0.2) is 0 Å². The Labute approximate surface area is 136 Å². The molecule has 0 atom stereocenters. The molecule has 0 radical (unpaired) electrons. The van der Waals surface area contributed by atoms with E-state index in [1.165, 1.54) is 10.6 Å². The van der Waals surface area contributed by atoms with E-state index >= 15 is 0 Å². The summed E-state index contributed by atoms with van der Waals surface area (Å²) in [5, 5.41) is 14.6. The van der Waals surface area contributed by atoms with Gasteiger partial charge in [0.25, 0.3) is 5.69 Å². The van der Waals surface area contributed by atoms with Crippen LogP contribution in [0.1, 0.15) is 0 Å². The fraction of sp³-hybridized carbons (Fsp3) is 0.0526. The van der Waals surface area contributed by atoms with Crippen LogP contribution in [0.5, 0.6) is 0 Å².